The number of hydrogen-bond acceptors (Lipinski definition) is 2. The molecule has 0 spiro atoms. The van der Waals surface area contributed by atoms with Gasteiger partial charge in [-0.3, -0.25) is 4.79 Å². The maximum absolute atomic E-state index is 12.9. The van der Waals surface area contributed by atoms with E-state index in [4.69, 9.17) is 16.3 Å². The van der Waals surface area contributed by atoms with E-state index in [1.54, 1.807) is 6.08 Å². The molecule has 2 nitrogen and oxygen atoms in total. The molecular formula is C22H16ClFO2. The highest BCUT2D eigenvalue weighted by atomic mass is 35.5. The van der Waals surface area contributed by atoms with Crippen LogP contribution in [0.25, 0.3) is 6.08 Å². The number of carbonyl (C=O) groups is 1. The minimum atomic E-state index is -0.361. The molecule has 26 heavy (non-hydrogen) atoms. The summed E-state index contributed by atoms with van der Waals surface area (Å²) in [6.07, 6.45) is 3.19. The molecule has 0 fully saturated rings. The first-order valence-electron chi connectivity index (χ1n) is 8.05. The fourth-order valence-corrected chi connectivity index (χ4v) is 2.43. The van der Waals surface area contributed by atoms with Gasteiger partial charge >= 0.3 is 0 Å². The van der Waals surface area contributed by atoms with Crippen molar-refractivity contribution in [3.63, 3.8) is 0 Å². The molecule has 0 aliphatic rings. The second kappa shape index (κ2) is 8.45. The molecule has 0 unspecified atom stereocenters. The van der Waals surface area contributed by atoms with Gasteiger partial charge in [0.15, 0.2) is 5.78 Å². The lowest BCUT2D eigenvalue weighted by Gasteiger charge is -2.06. The van der Waals surface area contributed by atoms with Gasteiger partial charge in [-0.1, -0.05) is 41.9 Å². The number of hydrogen-bond donors (Lipinski definition) is 0. The molecule has 0 aliphatic heterocycles. The molecule has 3 aromatic rings. The van der Waals surface area contributed by atoms with Crippen molar-refractivity contribution in [2.24, 2.45) is 0 Å². The lowest BCUT2D eigenvalue weighted by Crippen LogP contribution is -1.95. The Kier molecular flexibility index (Phi) is 5.82. The molecule has 0 saturated carbocycles. The van der Waals surface area contributed by atoms with Crippen molar-refractivity contribution in [1.29, 1.82) is 0 Å². The number of rotatable bonds is 6. The smallest absolute Gasteiger partial charge is 0.185 e. The molecule has 0 aromatic heterocycles. The van der Waals surface area contributed by atoms with Crippen molar-refractivity contribution in [3.8, 4) is 5.75 Å². The Morgan fingerprint density at radius 2 is 1.58 bits per heavy atom. The summed E-state index contributed by atoms with van der Waals surface area (Å²) in [6, 6.07) is 20.4. The summed E-state index contributed by atoms with van der Waals surface area (Å²) in [6.45, 7) is 0.454. The molecule has 0 bridgehead atoms. The monoisotopic (exact) mass is 366 g/mol. The van der Waals surface area contributed by atoms with Crippen molar-refractivity contribution in [2.45, 2.75) is 6.61 Å². The molecule has 3 aromatic carbocycles. The summed E-state index contributed by atoms with van der Waals surface area (Å²) in [5.74, 6) is 0.203. The molecule has 3 rings (SSSR count). The van der Waals surface area contributed by atoms with Crippen molar-refractivity contribution in [2.75, 3.05) is 0 Å². The maximum atomic E-state index is 12.9. The third-order valence-electron chi connectivity index (χ3n) is 3.75. The van der Waals surface area contributed by atoms with Gasteiger partial charge in [0, 0.05) is 10.6 Å². The Bertz CT molecular complexity index is 898. The molecule has 0 N–H and O–H groups in total. The summed E-state index contributed by atoms with van der Waals surface area (Å²) in [7, 11) is 0. The van der Waals surface area contributed by atoms with E-state index in [1.165, 1.54) is 30.3 Å². The van der Waals surface area contributed by atoms with Gasteiger partial charge in [-0.25, -0.2) is 4.39 Å². The number of benzene rings is 3. The van der Waals surface area contributed by atoms with Crippen LogP contribution < -0.4 is 4.74 Å². The van der Waals surface area contributed by atoms with E-state index in [9.17, 15) is 9.18 Å². The first kappa shape index (κ1) is 17.9. The van der Waals surface area contributed by atoms with Crippen molar-refractivity contribution >= 4 is 23.5 Å². The van der Waals surface area contributed by atoms with Gasteiger partial charge in [0.1, 0.15) is 18.2 Å². The van der Waals surface area contributed by atoms with E-state index >= 15 is 0 Å². The van der Waals surface area contributed by atoms with Gasteiger partial charge in [-0.15, -0.1) is 0 Å². The lowest BCUT2D eigenvalue weighted by atomic mass is 10.1. The number of halogens is 2. The summed E-state index contributed by atoms with van der Waals surface area (Å²) >= 11 is 5.86. The fourth-order valence-electron chi connectivity index (χ4n) is 2.30. The van der Waals surface area contributed by atoms with Crippen LogP contribution in [0, 0.1) is 5.82 Å². The average molecular weight is 367 g/mol. The standard InChI is InChI=1S/C22H16ClFO2/c23-19-8-1-17(2-9-19)15-26-21-12-3-16(4-13-21)5-14-22(25)18-6-10-20(24)11-7-18/h1-14H,15H2. The molecule has 0 heterocycles. The number of ether oxygens (including phenoxy) is 1. The Balaban J connectivity index is 1.57. The van der Waals surface area contributed by atoms with Gasteiger partial charge in [0.05, 0.1) is 0 Å². The summed E-state index contributed by atoms with van der Waals surface area (Å²) < 4.78 is 18.6. The maximum Gasteiger partial charge on any atom is 0.185 e. The van der Waals surface area contributed by atoms with Gasteiger partial charge < -0.3 is 4.74 Å². The molecule has 0 atom stereocenters. The largest absolute Gasteiger partial charge is 0.489 e. The SMILES string of the molecule is O=C(C=Cc1ccc(OCc2ccc(Cl)cc2)cc1)c1ccc(F)cc1. The van der Waals surface area contributed by atoms with Crippen LogP contribution >= 0.6 is 11.6 Å². The molecular weight excluding hydrogens is 351 g/mol. The van der Waals surface area contributed by atoms with Crippen LogP contribution in [0.2, 0.25) is 5.02 Å². The number of allylic oxidation sites excluding steroid dienone is 1. The van der Waals surface area contributed by atoms with Crippen LogP contribution in [0.5, 0.6) is 5.75 Å². The van der Waals surface area contributed by atoms with Gasteiger partial charge in [-0.2, -0.15) is 0 Å². The van der Waals surface area contributed by atoms with Crippen LogP contribution in [0.1, 0.15) is 21.5 Å². The molecule has 0 saturated heterocycles. The first-order valence-corrected chi connectivity index (χ1v) is 8.43. The number of ketones is 1. The van der Waals surface area contributed by atoms with Crippen molar-refractivity contribution < 1.29 is 13.9 Å². The quantitative estimate of drug-likeness (QED) is 0.397. The third-order valence-corrected chi connectivity index (χ3v) is 4.01. The van der Waals surface area contributed by atoms with E-state index in [2.05, 4.69) is 0 Å². The molecule has 4 heteroatoms. The summed E-state index contributed by atoms with van der Waals surface area (Å²) in [5, 5.41) is 0.695. The topological polar surface area (TPSA) is 26.3 Å². The third kappa shape index (κ3) is 5.04. The zero-order chi connectivity index (χ0) is 18.4. The van der Waals surface area contributed by atoms with Crippen LogP contribution in [0.15, 0.2) is 78.9 Å². The predicted molar refractivity (Wildman–Crippen MR) is 102 cm³/mol. The van der Waals surface area contributed by atoms with Crippen molar-refractivity contribution in [3.05, 3.63) is 106 Å². The molecule has 0 amide bonds. The molecule has 0 radical (unpaired) electrons. The van der Waals surface area contributed by atoms with Gasteiger partial charge in [-0.05, 0) is 65.7 Å². The van der Waals surface area contributed by atoms with Gasteiger partial charge in [0.2, 0.25) is 0 Å². The Morgan fingerprint density at radius 1 is 0.923 bits per heavy atom. The van der Waals surface area contributed by atoms with E-state index in [0.29, 0.717) is 17.2 Å². The Morgan fingerprint density at radius 3 is 2.23 bits per heavy atom. The van der Waals surface area contributed by atoms with E-state index < -0.39 is 0 Å². The first-order chi connectivity index (χ1) is 12.6. The molecule has 0 aliphatic carbocycles. The van der Waals surface area contributed by atoms with E-state index in [0.717, 1.165) is 16.9 Å². The average Bonchev–Trinajstić information content (AvgIpc) is 2.67. The Hall–Kier alpha value is -2.91. The normalized spacial score (nSPS) is 10.8. The lowest BCUT2D eigenvalue weighted by molar-refractivity contribution is 0.104. The summed E-state index contributed by atoms with van der Waals surface area (Å²) in [4.78, 5) is 12.0. The fraction of sp³-hybridized carbons (Fsp3) is 0.0455. The highest BCUT2D eigenvalue weighted by Gasteiger charge is 2.02. The minimum absolute atomic E-state index is 0.173. The zero-order valence-electron chi connectivity index (χ0n) is 13.9. The highest BCUT2D eigenvalue weighted by molar-refractivity contribution is 6.30. The van der Waals surface area contributed by atoms with Crippen LogP contribution in [-0.4, -0.2) is 5.78 Å². The van der Waals surface area contributed by atoms with Crippen LogP contribution in [0.4, 0.5) is 4.39 Å². The van der Waals surface area contributed by atoms with Crippen LogP contribution in [-0.2, 0) is 6.61 Å². The predicted octanol–water partition coefficient (Wildman–Crippen LogP) is 5.95. The molecule has 130 valence electrons. The summed E-state index contributed by atoms with van der Waals surface area (Å²) in [5.41, 5.74) is 2.35. The Labute approximate surface area is 156 Å². The zero-order valence-corrected chi connectivity index (χ0v) is 14.6. The number of carbonyl (C=O) groups excluding carboxylic acids is 1. The van der Waals surface area contributed by atoms with E-state index in [1.807, 2.05) is 48.5 Å². The second-order valence-electron chi connectivity index (χ2n) is 5.69. The van der Waals surface area contributed by atoms with Crippen molar-refractivity contribution in [1.82, 2.24) is 0 Å². The highest BCUT2D eigenvalue weighted by Crippen LogP contribution is 2.16. The van der Waals surface area contributed by atoms with E-state index in [-0.39, 0.29) is 11.6 Å². The van der Waals surface area contributed by atoms with Gasteiger partial charge in [0.25, 0.3) is 0 Å². The minimum Gasteiger partial charge on any atom is -0.489 e. The van der Waals surface area contributed by atoms with Crippen LogP contribution in [0.3, 0.4) is 0 Å². The second-order valence-corrected chi connectivity index (χ2v) is 6.13.